The average Bonchev–Trinajstić information content (AvgIpc) is 3.36. The van der Waals surface area contributed by atoms with Gasteiger partial charge in [-0.05, 0) is 111 Å². The van der Waals surface area contributed by atoms with Crippen LogP contribution in [0.1, 0.15) is 118 Å². The second kappa shape index (κ2) is 16.1. The predicted molar refractivity (Wildman–Crippen MR) is 180 cm³/mol. The molecule has 272 valence electrons. The normalized spacial score (nSPS) is 32.4. The number of allylic oxidation sites excluding steroid dienone is 1. The van der Waals surface area contributed by atoms with Crippen molar-refractivity contribution in [3.63, 3.8) is 0 Å². The third-order valence-electron chi connectivity index (χ3n) is 12.8. The molecular weight excluding hydrogens is 608 g/mol. The average molecular weight is 673 g/mol. The van der Waals surface area contributed by atoms with Crippen LogP contribution >= 0.6 is 0 Å². The van der Waals surface area contributed by atoms with E-state index in [1.165, 1.54) is 56.9 Å². The summed E-state index contributed by atoms with van der Waals surface area (Å²) in [6.45, 7) is 6.99. The molecule has 4 rings (SSSR count). The van der Waals surface area contributed by atoms with Gasteiger partial charge in [-0.1, -0.05) is 58.6 Å². The third-order valence-corrected chi connectivity index (χ3v) is 12.8. The maximum Gasteiger partial charge on any atom is 0.410 e. The number of rotatable bonds is 17. The number of hydrogen-bond donors (Lipinski definition) is 3. The van der Waals surface area contributed by atoms with Gasteiger partial charge in [0.25, 0.3) is 11.8 Å². The fraction of sp³-hybridized carbons (Fsp3) is 0.919. The number of alkyl halides is 4. The Morgan fingerprint density at radius 3 is 2.45 bits per heavy atom. The van der Waals surface area contributed by atoms with E-state index in [1.54, 1.807) is 0 Å². The van der Waals surface area contributed by atoms with Crippen molar-refractivity contribution in [1.29, 1.82) is 0 Å². The zero-order valence-corrected chi connectivity index (χ0v) is 29.6. The molecule has 7 atom stereocenters. The van der Waals surface area contributed by atoms with Crippen molar-refractivity contribution in [2.45, 2.75) is 136 Å². The quantitative estimate of drug-likeness (QED) is 0.0824. The summed E-state index contributed by atoms with van der Waals surface area (Å²) in [6.07, 6.45) is 16.3. The second-order valence-electron chi connectivity index (χ2n) is 16.4. The van der Waals surface area contributed by atoms with Gasteiger partial charge in [0.05, 0.1) is 26.2 Å². The molecule has 0 spiro atoms. The second-order valence-corrected chi connectivity index (χ2v) is 16.4. The molecule has 47 heavy (non-hydrogen) atoms. The molecule has 0 saturated heterocycles. The Bertz CT molecular complexity index is 1060. The number of nitrogens with one attached hydrogen (secondary N) is 1. The van der Waals surface area contributed by atoms with Crippen LogP contribution in [0.5, 0.6) is 0 Å². The number of halogens is 4. The van der Waals surface area contributed by atoms with Crippen molar-refractivity contribution < 1.29 is 27.1 Å². The van der Waals surface area contributed by atoms with Crippen molar-refractivity contribution in [1.82, 2.24) is 10.2 Å². The fourth-order valence-electron chi connectivity index (χ4n) is 9.95. The number of carbonyl (C=O) groups excluding carboxylic acids is 1. The standard InChI is InChI=1S/C37H64F4N4O2/c1-26(2)9-5-6-10-27-12-14-31-30-13-11-28-21-29(15-17-35(28,4)32(30)16-18-34(27,31)3)47-33(46)45(25-37(40,41)23-43)20-8-7-19-44-24-36(38,39)22-42/h11,26-27,29-32,44H,5-10,12-25,42-43H2,1-4H3. The van der Waals surface area contributed by atoms with Crippen LogP contribution in [0.2, 0.25) is 0 Å². The van der Waals surface area contributed by atoms with Crippen LogP contribution < -0.4 is 16.8 Å². The number of unbranched alkanes of at least 4 members (excludes halogenated alkanes) is 2. The lowest BCUT2D eigenvalue weighted by molar-refractivity contribution is -0.0569. The molecule has 10 heteroatoms. The first-order valence-electron chi connectivity index (χ1n) is 18.7. The predicted octanol–water partition coefficient (Wildman–Crippen LogP) is 8.15. The highest BCUT2D eigenvalue weighted by molar-refractivity contribution is 5.68. The van der Waals surface area contributed by atoms with Crippen molar-refractivity contribution in [2.75, 3.05) is 39.3 Å². The molecular formula is C37H64F4N4O2. The largest absolute Gasteiger partial charge is 0.446 e. The summed E-state index contributed by atoms with van der Waals surface area (Å²) in [5.74, 6) is -2.45. The van der Waals surface area contributed by atoms with Gasteiger partial charge >= 0.3 is 6.09 Å². The summed E-state index contributed by atoms with van der Waals surface area (Å²) in [7, 11) is 0. The Hall–Kier alpha value is -1.39. The molecule has 4 aliphatic carbocycles. The lowest BCUT2D eigenvalue weighted by atomic mass is 9.47. The molecule has 3 fully saturated rings. The molecule has 0 aromatic heterocycles. The Balaban J connectivity index is 1.32. The Labute approximate surface area is 281 Å². The molecule has 4 aliphatic rings. The van der Waals surface area contributed by atoms with Crippen LogP contribution in [0.25, 0.3) is 0 Å². The Kier molecular flexibility index (Phi) is 13.2. The number of nitrogens with zero attached hydrogens (tertiary/aromatic N) is 1. The third kappa shape index (κ3) is 9.44. The van der Waals surface area contributed by atoms with Crippen LogP contribution in [-0.2, 0) is 4.74 Å². The van der Waals surface area contributed by atoms with Crippen LogP contribution in [-0.4, -0.2) is 68.2 Å². The van der Waals surface area contributed by atoms with Gasteiger partial charge < -0.3 is 26.4 Å². The van der Waals surface area contributed by atoms with Crippen molar-refractivity contribution >= 4 is 6.09 Å². The van der Waals surface area contributed by atoms with Crippen molar-refractivity contribution in [3.8, 4) is 0 Å². The lowest BCUT2D eigenvalue weighted by Crippen LogP contribution is -2.51. The minimum atomic E-state index is -3.24. The highest BCUT2D eigenvalue weighted by Crippen LogP contribution is 2.66. The number of amides is 1. The van der Waals surface area contributed by atoms with Crippen molar-refractivity contribution in [3.05, 3.63) is 11.6 Å². The molecule has 7 unspecified atom stereocenters. The van der Waals surface area contributed by atoms with E-state index < -0.39 is 44.1 Å². The highest BCUT2D eigenvalue weighted by Gasteiger charge is 2.58. The maximum absolute atomic E-state index is 14.3. The van der Waals surface area contributed by atoms with E-state index in [4.69, 9.17) is 16.2 Å². The molecule has 0 heterocycles. The summed E-state index contributed by atoms with van der Waals surface area (Å²) in [5.41, 5.74) is 12.3. The summed E-state index contributed by atoms with van der Waals surface area (Å²) in [4.78, 5) is 14.3. The van der Waals surface area contributed by atoms with Crippen LogP contribution in [0.15, 0.2) is 11.6 Å². The van der Waals surface area contributed by atoms with E-state index >= 15 is 0 Å². The summed E-state index contributed by atoms with van der Waals surface area (Å²) in [6, 6.07) is 0. The van der Waals surface area contributed by atoms with Gasteiger partial charge in [0.15, 0.2) is 0 Å². The number of ether oxygens (including phenoxy) is 1. The molecule has 1 amide bonds. The molecule has 0 aliphatic heterocycles. The van der Waals surface area contributed by atoms with E-state index in [1.807, 2.05) is 0 Å². The minimum Gasteiger partial charge on any atom is -0.446 e. The zero-order chi connectivity index (χ0) is 34.5. The minimum absolute atomic E-state index is 0.0408. The fourth-order valence-corrected chi connectivity index (χ4v) is 9.95. The van der Waals surface area contributed by atoms with E-state index in [9.17, 15) is 22.4 Å². The van der Waals surface area contributed by atoms with Gasteiger partial charge in [0.2, 0.25) is 0 Å². The van der Waals surface area contributed by atoms with E-state index in [2.05, 4.69) is 39.1 Å². The topological polar surface area (TPSA) is 93.6 Å². The first-order valence-corrected chi connectivity index (χ1v) is 18.7. The van der Waals surface area contributed by atoms with Crippen molar-refractivity contribution in [2.24, 2.45) is 51.9 Å². The molecule has 0 radical (unpaired) electrons. The van der Waals surface area contributed by atoms with Gasteiger partial charge in [-0.3, -0.25) is 0 Å². The highest BCUT2D eigenvalue weighted by atomic mass is 19.3. The molecule has 5 N–H and O–H groups in total. The van der Waals surface area contributed by atoms with E-state index in [0.717, 1.165) is 41.9 Å². The summed E-state index contributed by atoms with van der Waals surface area (Å²) < 4.78 is 61.3. The molecule has 3 saturated carbocycles. The van der Waals surface area contributed by atoms with Gasteiger partial charge in [-0.15, -0.1) is 0 Å². The Morgan fingerprint density at radius 2 is 1.74 bits per heavy atom. The SMILES string of the molecule is CC(C)CCCCC1CCC2C3CC=C4CC(OC(=O)N(CCCCNCC(F)(F)CN)CC(F)(F)CN)CCC4(C)C3CCC12C. The van der Waals surface area contributed by atoms with E-state index in [0.29, 0.717) is 36.5 Å². The number of fused-ring (bicyclic) bond motifs is 5. The van der Waals surface area contributed by atoms with Gasteiger partial charge in [-0.25, -0.2) is 22.4 Å². The molecule has 6 nitrogen and oxygen atoms in total. The van der Waals surface area contributed by atoms with Crippen LogP contribution in [0, 0.1) is 40.4 Å². The lowest BCUT2D eigenvalue weighted by Gasteiger charge is -2.58. The summed E-state index contributed by atoms with van der Waals surface area (Å²) in [5, 5.41) is 2.65. The van der Waals surface area contributed by atoms with Gasteiger partial charge in [0.1, 0.15) is 6.10 Å². The van der Waals surface area contributed by atoms with Gasteiger partial charge in [-0.2, -0.15) is 0 Å². The monoisotopic (exact) mass is 672 g/mol. The molecule has 0 aromatic rings. The summed E-state index contributed by atoms with van der Waals surface area (Å²) >= 11 is 0. The van der Waals surface area contributed by atoms with E-state index in [-0.39, 0.29) is 24.6 Å². The smallest absolute Gasteiger partial charge is 0.410 e. The van der Waals surface area contributed by atoms with Crippen LogP contribution in [0.4, 0.5) is 22.4 Å². The van der Waals surface area contributed by atoms with Gasteiger partial charge in [0, 0.05) is 13.0 Å². The van der Waals surface area contributed by atoms with Crippen LogP contribution in [0.3, 0.4) is 0 Å². The first-order chi connectivity index (χ1) is 22.1. The number of nitrogens with two attached hydrogens (primary N) is 2. The Morgan fingerprint density at radius 1 is 1.00 bits per heavy atom. The molecule has 0 aromatic carbocycles. The molecule has 0 bridgehead atoms. The first kappa shape index (κ1) is 38.4. The maximum atomic E-state index is 14.3. The number of carbonyl (C=O) groups is 1. The number of hydrogen-bond acceptors (Lipinski definition) is 5. The zero-order valence-electron chi connectivity index (χ0n) is 29.6.